The zero-order chi connectivity index (χ0) is 13.6. The first-order valence-electron chi connectivity index (χ1n) is 5.92. The number of hydrogen-bond donors (Lipinski definition) is 1. The molecule has 0 amide bonds. The monoisotopic (exact) mass is 272 g/mol. The molecular formula is C14H13ClN4. The molecule has 0 aliphatic rings. The number of aromatic nitrogens is 3. The predicted molar refractivity (Wildman–Crippen MR) is 77.8 cm³/mol. The molecule has 0 aliphatic carbocycles. The van der Waals surface area contributed by atoms with E-state index in [-0.39, 0.29) is 0 Å². The number of nitrogen functional groups attached to an aromatic ring is 1. The van der Waals surface area contributed by atoms with Crippen LogP contribution in [0.15, 0.2) is 30.6 Å². The molecule has 2 aromatic heterocycles. The largest absolute Gasteiger partial charge is 0.399 e. The average Bonchev–Trinajstić information content (AvgIpc) is 2.71. The number of imidazole rings is 1. The Hall–Kier alpha value is -2.07. The Morgan fingerprint density at radius 1 is 1.11 bits per heavy atom. The first kappa shape index (κ1) is 12.0. The Morgan fingerprint density at radius 3 is 2.58 bits per heavy atom. The van der Waals surface area contributed by atoms with Crippen molar-refractivity contribution in [2.45, 2.75) is 13.8 Å². The Bertz CT molecular complexity index is 756. The van der Waals surface area contributed by atoms with Crippen LogP contribution in [-0.4, -0.2) is 14.5 Å². The summed E-state index contributed by atoms with van der Waals surface area (Å²) >= 11 is 5.95. The number of nitrogens with zero attached hydrogens (tertiary/aromatic N) is 3. The fraction of sp³-hybridized carbons (Fsp3) is 0.143. The van der Waals surface area contributed by atoms with Gasteiger partial charge in [-0.3, -0.25) is 4.57 Å². The van der Waals surface area contributed by atoms with Crippen LogP contribution in [0.5, 0.6) is 0 Å². The van der Waals surface area contributed by atoms with Gasteiger partial charge in [0.1, 0.15) is 17.3 Å². The second-order valence-corrected chi connectivity index (χ2v) is 5.01. The van der Waals surface area contributed by atoms with Gasteiger partial charge in [0.05, 0.1) is 11.0 Å². The first-order chi connectivity index (χ1) is 9.04. The first-order valence-corrected chi connectivity index (χ1v) is 6.30. The highest BCUT2D eigenvalue weighted by Crippen LogP contribution is 2.23. The third-order valence-corrected chi connectivity index (χ3v) is 3.41. The lowest BCUT2D eigenvalue weighted by molar-refractivity contribution is 1.02. The van der Waals surface area contributed by atoms with Crippen molar-refractivity contribution in [1.29, 1.82) is 0 Å². The number of anilines is 1. The van der Waals surface area contributed by atoms with Crippen molar-refractivity contribution in [2.24, 2.45) is 0 Å². The minimum absolute atomic E-state index is 0.376. The van der Waals surface area contributed by atoms with Gasteiger partial charge >= 0.3 is 0 Å². The van der Waals surface area contributed by atoms with Crippen LogP contribution in [0.3, 0.4) is 0 Å². The molecule has 19 heavy (non-hydrogen) atoms. The van der Waals surface area contributed by atoms with Crippen molar-refractivity contribution in [3.63, 3.8) is 0 Å². The van der Waals surface area contributed by atoms with Gasteiger partial charge in [0.25, 0.3) is 0 Å². The molecule has 3 rings (SSSR count). The van der Waals surface area contributed by atoms with Crippen LogP contribution in [0.1, 0.15) is 11.1 Å². The van der Waals surface area contributed by atoms with E-state index in [2.05, 4.69) is 35.9 Å². The predicted octanol–water partition coefficient (Wildman–Crippen LogP) is 3.27. The minimum Gasteiger partial charge on any atom is -0.399 e. The van der Waals surface area contributed by atoms with E-state index in [0.29, 0.717) is 16.7 Å². The van der Waals surface area contributed by atoms with E-state index < -0.39 is 0 Å². The van der Waals surface area contributed by atoms with E-state index in [1.54, 1.807) is 18.5 Å². The molecule has 0 bridgehead atoms. The summed E-state index contributed by atoms with van der Waals surface area (Å²) in [4.78, 5) is 8.68. The number of halogens is 1. The zero-order valence-corrected chi connectivity index (χ0v) is 11.4. The van der Waals surface area contributed by atoms with Gasteiger partial charge < -0.3 is 5.73 Å². The SMILES string of the molecule is Cc1cc2ncn(-c3cc(N)cc(Cl)n3)c2cc1C. The molecule has 1 aromatic carbocycles. The maximum absolute atomic E-state index is 5.95. The molecule has 96 valence electrons. The molecule has 0 fully saturated rings. The Kier molecular flexibility index (Phi) is 2.68. The van der Waals surface area contributed by atoms with Gasteiger partial charge in [0, 0.05) is 11.8 Å². The van der Waals surface area contributed by atoms with Gasteiger partial charge in [-0.05, 0) is 43.2 Å². The molecule has 4 nitrogen and oxygen atoms in total. The number of fused-ring (bicyclic) bond motifs is 1. The van der Waals surface area contributed by atoms with Crippen LogP contribution in [0.4, 0.5) is 5.69 Å². The van der Waals surface area contributed by atoms with E-state index in [1.165, 1.54) is 11.1 Å². The smallest absolute Gasteiger partial charge is 0.142 e. The summed E-state index contributed by atoms with van der Waals surface area (Å²) in [7, 11) is 0. The van der Waals surface area contributed by atoms with Crippen molar-refractivity contribution < 1.29 is 0 Å². The fourth-order valence-electron chi connectivity index (χ4n) is 2.07. The molecule has 0 unspecified atom stereocenters. The second-order valence-electron chi connectivity index (χ2n) is 4.62. The van der Waals surface area contributed by atoms with Gasteiger partial charge in [0.15, 0.2) is 0 Å². The van der Waals surface area contributed by atoms with Crippen LogP contribution in [0.25, 0.3) is 16.9 Å². The molecule has 0 atom stereocenters. The van der Waals surface area contributed by atoms with Gasteiger partial charge in [-0.2, -0.15) is 0 Å². The third-order valence-electron chi connectivity index (χ3n) is 3.21. The highest BCUT2D eigenvalue weighted by molar-refractivity contribution is 6.29. The van der Waals surface area contributed by atoms with Crippen molar-refractivity contribution in [2.75, 3.05) is 5.73 Å². The van der Waals surface area contributed by atoms with Gasteiger partial charge in [-0.15, -0.1) is 0 Å². The van der Waals surface area contributed by atoms with E-state index in [4.69, 9.17) is 17.3 Å². The number of rotatable bonds is 1. The summed E-state index contributed by atoms with van der Waals surface area (Å²) < 4.78 is 1.89. The van der Waals surface area contributed by atoms with Crippen LogP contribution in [0, 0.1) is 13.8 Å². The molecule has 0 saturated carbocycles. The molecule has 0 radical (unpaired) electrons. The van der Waals surface area contributed by atoms with E-state index >= 15 is 0 Å². The number of benzene rings is 1. The van der Waals surface area contributed by atoms with Crippen LogP contribution in [-0.2, 0) is 0 Å². The van der Waals surface area contributed by atoms with Crippen LogP contribution < -0.4 is 5.73 Å². The van der Waals surface area contributed by atoms with E-state index in [1.807, 2.05) is 4.57 Å². The van der Waals surface area contributed by atoms with Gasteiger partial charge in [0.2, 0.25) is 0 Å². The number of nitrogens with two attached hydrogens (primary N) is 1. The van der Waals surface area contributed by atoms with Crippen molar-refractivity contribution in [3.05, 3.63) is 46.9 Å². The van der Waals surface area contributed by atoms with E-state index in [9.17, 15) is 0 Å². The normalized spacial score (nSPS) is 11.1. The summed E-state index contributed by atoms with van der Waals surface area (Å²) in [6.45, 7) is 4.15. The van der Waals surface area contributed by atoms with Crippen LogP contribution in [0.2, 0.25) is 5.15 Å². The molecule has 0 saturated heterocycles. The maximum atomic E-state index is 5.95. The topological polar surface area (TPSA) is 56.7 Å². The van der Waals surface area contributed by atoms with Gasteiger partial charge in [-0.1, -0.05) is 11.6 Å². The molecule has 5 heteroatoms. The van der Waals surface area contributed by atoms with Crippen molar-refractivity contribution in [3.8, 4) is 5.82 Å². The molecule has 0 aliphatic heterocycles. The number of pyridine rings is 1. The highest BCUT2D eigenvalue weighted by Gasteiger charge is 2.08. The van der Waals surface area contributed by atoms with Crippen molar-refractivity contribution >= 4 is 28.3 Å². The molecule has 2 N–H and O–H groups in total. The summed E-state index contributed by atoms with van der Waals surface area (Å²) in [5.74, 6) is 0.677. The minimum atomic E-state index is 0.376. The lowest BCUT2D eigenvalue weighted by Gasteiger charge is -2.06. The molecule has 3 aromatic rings. The molecule has 2 heterocycles. The standard InChI is InChI=1S/C14H13ClN4/c1-8-3-11-12(4-9(8)2)19(7-17-11)14-6-10(16)5-13(15)18-14/h3-7H,1-2H3,(H2,16,18). The lowest BCUT2D eigenvalue weighted by Crippen LogP contribution is -1.98. The molecular weight excluding hydrogens is 260 g/mol. The summed E-state index contributed by atoms with van der Waals surface area (Å²) in [5.41, 5.74) is 10.8. The Balaban J connectivity index is 2.28. The Labute approximate surface area is 115 Å². The maximum Gasteiger partial charge on any atom is 0.142 e. The summed E-state index contributed by atoms with van der Waals surface area (Å²) in [6.07, 6.45) is 1.74. The van der Waals surface area contributed by atoms with Crippen LogP contribution >= 0.6 is 11.6 Å². The summed E-state index contributed by atoms with van der Waals surface area (Å²) in [6, 6.07) is 7.56. The number of aryl methyl sites for hydroxylation is 2. The zero-order valence-electron chi connectivity index (χ0n) is 10.7. The highest BCUT2D eigenvalue weighted by atomic mass is 35.5. The van der Waals surface area contributed by atoms with Gasteiger partial charge in [-0.25, -0.2) is 9.97 Å². The average molecular weight is 273 g/mol. The van der Waals surface area contributed by atoms with Crippen molar-refractivity contribution in [1.82, 2.24) is 14.5 Å². The van der Waals surface area contributed by atoms with E-state index in [0.717, 1.165) is 11.0 Å². The number of hydrogen-bond acceptors (Lipinski definition) is 3. The lowest BCUT2D eigenvalue weighted by atomic mass is 10.1. The third kappa shape index (κ3) is 2.04. The second kappa shape index (κ2) is 4.24. The summed E-state index contributed by atoms with van der Waals surface area (Å²) in [5, 5.41) is 0.376. The Morgan fingerprint density at radius 2 is 1.84 bits per heavy atom. The molecule has 0 spiro atoms. The fourth-order valence-corrected chi connectivity index (χ4v) is 2.29. The quantitative estimate of drug-likeness (QED) is 0.692.